The van der Waals surface area contributed by atoms with Crippen molar-refractivity contribution < 1.29 is 14.3 Å². The predicted molar refractivity (Wildman–Crippen MR) is 95.4 cm³/mol. The minimum absolute atomic E-state index is 0.126. The van der Waals surface area contributed by atoms with E-state index in [1.807, 2.05) is 36.4 Å². The SMILES string of the molecule is O=C(COc1ccccc1Br)NCC(=O)Nc1ccccc1Br. The van der Waals surface area contributed by atoms with Gasteiger partial charge in [0, 0.05) is 4.47 Å². The summed E-state index contributed by atoms with van der Waals surface area (Å²) in [5, 5.41) is 5.20. The molecule has 0 heterocycles. The molecule has 0 aliphatic rings. The molecular weight excluding hydrogens is 428 g/mol. The van der Waals surface area contributed by atoms with Crippen molar-refractivity contribution >= 4 is 49.4 Å². The molecule has 2 rings (SSSR count). The Kier molecular flexibility index (Phi) is 6.61. The molecule has 2 N–H and O–H groups in total. The van der Waals surface area contributed by atoms with Crippen molar-refractivity contribution in [3.8, 4) is 5.75 Å². The zero-order valence-corrected chi connectivity index (χ0v) is 15.2. The van der Waals surface area contributed by atoms with Crippen LogP contribution in [-0.4, -0.2) is 25.0 Å². The van der Waals surface area contributed by atoms with Gasteiger partial charge in [-0.2, -0.15) is 0 Å². The van der Waals surface area contributed by atoms with Crippen LogP contribution in [0.25, 0.3) is 0 Å². The second kappa shape index (κ2) is 8.69. The van der Waals surface area contributed by atoms with E-state index in [0.29, 0.717) is 11.4 Å². The fourth-order valence-electron chi connectivity index (χ4n) is 1.69. The number of nitrogens with one attached hydrogen (secondary N) is 2. The molecule has 23 heavy (non-hydrogen) atoms. The number of benzene rings is 2. The van der Waals surface area contributed by atoms with Crippen LogP contribution < -0.4 is 15.4 Å². The van der Waals surface area contributed by atoms with Gasteiger partial charge in [0.25, 0.3) is 5.91 Å². The van der Waals surface area contributed by atoms with E-state index in [-0.39, 0.29) is 25.0 Å². The summed E-state index contributed by atoms with van der Waals surface area (Å²) in [7, 11) is 0. The van der Waals surface area contributed by atoms with Gasteiger partial charge >= 0.3 is 0 Å². The van der Waals surface area contributed by atoms with Crippen molar-refractivity contribution in [2.45, 2.75) is 0 Å². The van der Waals surface area contributed by atoms with E-state index >= 15 is 0 Å². The molecule has 0 unspecified atom stereocenters. The van der Waals surface area contributed by atoms with Gasteiger partial charge < -0.3 is 15.4 Å². The lowest BCUT2D eigenvalue weighted by molar-refractivity contribution is -0.125. The number of amides is 2. The van der Waals surface area contributed by atoms with Crippen LogP contribution in [0.1, 0.15) is 0 Å². The van der Waals surface area contributed by atoms with Crippen LogP contribution in [-0.2, 0) is 9.59 Å². The lowest BCUT2D eigenvalue weighted by atomic mass is 10.3. The standard InChI is InChI=1S/C16H14Br2N2O3/c17-11-5-1-3-7-13(11)20-15(21)9-19-16(22)10-23-14-8-4-2-6-12(14)18/h1-8H,9-10H2,(H,19,22)(H,20,21). The first-order valence-corrected chi connectivity index (χ1v) is 8.33. The Hall–Kier alpha value is -1.86. The molecule has 2 aromatic rings. The van der Waals surface area contributed by atoms with Crippen LogP contribution in [0, 0.1) is 0 Å². The highest BCUT2D eigenvalue weighted by Crippen LogP contribution is 2.23. The molecule has 0 radical (unpaired) electrons. The van der Waals surface area contributed by atoms with Gasteiger partial charge in [-0.3, -0.25) is 9.59 Å². The molecule has 7 heteroatoms. The maximum absolute atomic E-state index is 11.8. The lowest BCUT2D eigenvalue weighted by Gasteiger charge is -2.10. The van der Waals surface area contributed by atoms with E-state index < -0.39 is 0 Å². The Bertz CT molecular complexity index is 707. The topological polar surface area (TPSA) is 67.4 Å². The largest absolute Gasteiger partial charge is 0.483 e. The van der Waals surface area contributed by atoms with Crippen LogP contribution in [0.5, 0.6) is 5.75 Å². The number of hydrogen-bond acceptors (Lipinski definition) is 3. The monoisotopic (exact) mass is 440 g/mol. The van der Waals surface area contributed by atoms with E-state index in [1.54, 1.807) is 12.1 Å². The number of carbonyl (C=O) groups excluding carboxylic acids is 2. The molecule has 0 aromatic heterocycles. The van der Waals surface area contributed by atoms with Gasteiger partial charge in [-0.15, -0.1) is 0 Å². The highest BCUT2D eigenvalue weighted by atomic mass is 79.9. The normalized spacial score (nSPS) is 10.0. The molecule has 0 spiro atoms. The number of ether oxygens (including phenoxy) is 1. The highest BCUT2D eigenvalue weighted by molar-refractivity contribution is 9.11. The summed E-state index contributed by atoms with van der Waals surface area (Å²) in [6.07, 6.45) is 0. The average Bonchev–Trinajstić information content (AvgIpc) is 2.54. The first-order chi connectivity index (χ1) is 11.1. The van der Waals surface area contributed by atoms with Gasteiger partial charge in [0.15, 0.2) is 6.61 Å². The van der Waals surface area contributed by atoms with E-state index in [1.165, 1.54) is 0 Å². The molecular formula is C16H14Br2N2O3. The van der Waals surface area contributed by atoms with Crippen molar-refractivity contribution in [2.75, 3.05) is 18.5 Å². The fourth-order valence-corrected chi connectivity index (χ4v) is 2.48. The molecule has 2 amide bonds. The Morgan fingerprint density at radius 3 is 2.26 bits per heavy atom. The third kappa shape index (κ3) is 5.69. The number of carbonyl (C=O) groups is 2. The number of rotatable bonds is 6. The molecule has 2 aromatic carbocycles. The van der Waals surface area contributed by atoms with Crippen LogP contribution in [0.2, 0.25) is 0 Å². The maximum Gasteiger partial charge on any atom is 0.258 e. The van der Waals surface area contributed by atoms with Gasteiger partial charge in [-0.25, -0.2) is 0 Å². The van der Waals surface area contributed by atoms with Gasteiger partial charge in [0.05, 0.1) is 16.7 Å². The van der Waals surface area contributed by atoms with Gasteiger partial charge in [0.2, 0.25) is 5.91 Å². The molecule has 120 valence electrons. The second-order valence-electron chi connectivity index (χ2n) is 4.52. The molecule has 0 aliphatic heterocycles. The quantitative estimate of drug-likeness (QED) is 0.722. The van der Waals surface area contributed by atoms with Crippen LogP contribution >= 0.6 is 31.9 Å². The summed E-state index contributed by atoms with van der Waals surface area (Å²) in [4.78, 5) is 23.5. The molecule has 0 bridgehead atoms. The third-order valence-corrected chi connectivity index (χ3v) is 4.14. The molecule has 0 fully saturated rings. The van der Waals surface area contributed by atoms with Crippen molar-refractivity contribution in [3.63, 3.8) is 0 Å². The Labute approximate surface area is 150 Å². The Morgan fingerprint density at radius 1 is 0.913 bits per heavy atom. The first-order valence-electron chi connectivity index (χ1n) is 6.74. The first kappa shape index (κ1) is 17.5. The zero-order valence-electron chi connectivity index (χ0n) is 12.0. The fraction of sp³-hybridized carbons (Fsp3) is 0.125. The van der Waals surface area contributed by atoms with E-state index in [0.717, 1.165) is 8.95 Å². The summed E-state index contributed by atoms with van der Waals surface area (Å²) in [5.41, 5.74) is 0.649. The van der Waals surface area contributed by atoms with Crippen molar-refractivity contribution in [3.05, 3.63) is 57.5 Å². The van der Waals surface area contributed by atoms with Crippen molar-refractivity contribution in [1.82, 2.24) is 5.32 Å². The zero-order chi connectivity index (χ0) is 16.7. The van der Waals surface area contributed by atoms with Gasteiger partial charge in [0.1, 0.15) is 5.75 Å². The molecule has 5 nitrogen and oxygen atoms in total. The summed E-state index contributed by atoms with van der Waals surface area (Å²) in [6.45, 7) is -0.287. The Balaban J connectivity index is 1.75. The van der Waals surface area contributed by atoms with Gasteiger partial charge in [-0.1, -0.05) is 24.3 Å². The minimum Gasteiger partial charge on any atom is -0.483 e. The van der Waals surface area contributed by atoms with E-state index in [4.69, 9.17) is 4.74 Å². The summed E-state index contributed by atoms with van der Waals surface area (Å²) in [6, 6.07) is 14.5. The highest BCUT2D eigenvalue weighted by Gasteiger charge is 2.09. The lowest BCUT2D eigenvalue weighted by Crippen LogP contribution is -2.35. The summed E-state index contributed by atoms with van der Waals surface area (Å²) >= 11 is 6.66. The molecule has 0 saturated heterocycles. The van der Waals surface area contributed by atoms with Crippen LogP contribution in [0.15, 0.2) is 57.5 Å². The van der Waals surface area contributed by atoms with Crippen molar-refractivity contribution in [2.24, 2.45) is 0 Å². The second-order valence-corrected chi connectivity index (χ2v) is 6.23. The number of hydrogen-bond donors (Lipinski definition) is 2. The number of anilines is 1. The van der Waals surface area contributed by atoms with Crippen LogP contribution in [0.4, 0.5) is 5.69 Å². The maximum atomic E-state index is 11.8. The summed E-state index contributed by atoms with van der Waals surface area (Å²) in [5.74, 6) is -0.116. The third-order valence-electron chi connectivity index (χ3n) is 2.79. The summed E-state index contributed by atoms with van der Waals surface area (Å²) < 4.78 is 6.91. The number of halogens is 2. The van der Waals surface area contributed by atoms with Crippen LogP contribution in [0.3, 0.4) is 0 Å². The van der Waals surface area contributed by atoms with Gasteiger partial charge in [-0.05, 0) is 56.1 Å². The van der Waals surface area contributed by atoms with E-state index in [9.17, 15) is 9.59 Å². The smallest absolute Gasteiger partial charge is 0.258 e. The Morgan fingerprint density at radius 2 is 1.57 bits per heavy atom. The number of para-hydroxylation sites is 2. The average molecular weight is 442 g/mol. The molecule has 0 atom stereocenters. The predicted octanol–water partition coefficient (Wildman–Crippen LogP) is 3.35. The minimum atomic E-state index is -0.372. The molecule has 0 aliphatic carbocycles. The molecule has 0 saturated carbocycles. The van der Waals surface area contributed by atoms with Crippen molar-refractivity contribution in [1.29, 1.82) is 0 Å². The van der Waals surface area contributed by atoms with E-state index in [2.05, 4.69) is 42.5 Å².